The molecule has 0 aliphatic carbocycles. The predicted octanol–water partition coefficient (Wildman–Crippen LogP) is 2.05. The first-order valence-electron chi connectivity index (χ1n) is 9.57. The summed E-state index contributed by atoms with van der Waals surface area (Å²) >= 11 is 0. The van der Waals surface area contributed by atoms with E-state index in [1.165, 1.54) is 6.07 Å². The molecule has 2 heterocycles. The standard InChI is InChI=1S/C19H27N7O2/c1-3-20-19(21-11-15-6-4-8-17(10-15)26(27)28)23-16-7-5-9-25(13-16)18-12-22-24(2)14-18/h4,6,8,10,12,14,16H,3,5,7,9,11,13H2,1-2H3,(H2,20,21,23). The smallest absolute Gasteiger partial charge is 0.269 e. The van der Waals surface area contributed by atoms with Gasteiger partial charge < -0.3 is 15.5 Å². The average Bonchev–Trinajstić information content (AvgIpc) is 3.13. The fourth-order valence-electron chi connectivity index (χ4n) is 3.35. The van der Waals surface area contributed by atoms with Gasteiger partial charge in [0, 0.05) is 51.1 Å². The molecule has 1 unspecified atom stereocenters. The molecule has 3 rings (SSSR count). The molecule has 2 aromatic rings. The lowest BCUT2D eigenvalue weighted by Gasteiger charge is -2.34. The van der Waals surface area contributed by atoms with Crippen molar-refractivity contribution >= 4 is 17.3 Å². The highest BCUT2D eigenvalue weighted by atomic mass is 16.6. The number of rotatable bonds is 6. The Kier molecular flexibility index (Phi) is 6.46. The normalized spacial score (nSPS) is 17.4. The second kappa shape index (κ2) is 9.20. The summed E-state index contributed by atoms with van der Waals surface area (Å²) in [5, 5.41) is 22.0. The molecule has 9 nitrogen and oxygen atoms in total. The van der Waals surface area contributed by atoms with Crippen LogP contribution >= 0.6 is 0 Å². The Bertz CT molecular complexity index is 833. The van der Waals surface area contributed by atoms with Crippen LogP contribution in [0.3, 0.4) is 0 Å². The summed E-state index contributed by atoms with van der Waals surface area (Å²) in [7, 11) is 1.92. The maximum Gasteiger partial charge on any atom is 0.269 e. The second-order valence-electron chi connectivity index (χ2n) is 6.92. The molecule has 9 heteroatoms. The molecular formula is C19H27N7O2. The molecule has 1 aliphatic heterocycles. The monoisotopic (exact) mass is 385 g/mol. The molecule has 2 N–H and O–H groups in total. The zero-order valence-electron chi connectivity index (χ0n) is 16.3. The number of nitrogens with one attached hydrogen (secondary N) is 2. The molecule has 1 saturated heterocycles. The minimum absolute atomic E-state index is 0.0880. The molecule has 1 aliphatic rings. The highest BCUT2D eigenvalue weighted by molar-refractivity contribution is 5.80. The number of guanidine groups is 1. The molecule has 1 aromatic carbocycles. The summed E-state index contributed by atoms with van der Waals surface area (Å²) < 4.78 is 1.82. The van der Waals surface area contributed by atoms with Crippen LogP contribution in [0.2, 0.25) is 0 Å². The van der Waals surface area contributed by atoms with Crippen LogP contribution in [-0.4, -0.2) is 46.3 Å². The van der Waals surface area contributed by atoms with Crippen molar-refractivity contribution in [2.24, 2.45) is 12.0 Å². The third-order valence-corrected chi connectivity index (χ3v) is 4.70. The van der Waals surface area contributed by atoms with E-state index in [1.54, 1.807) is 12.1 Å². The lowest BCUT2D eigenvalue weighted by molar-refractivity contribution is -0.384. The van der Waals surface area contributed by atoms with Gasteiger partial charge in [0.1, 0.15) is 0 Å². The first kappa shape index (κ1) is 19.7. The predicted molar refractivity (Wildman–Crippen MR) is 109 cm³/mol. The van der Waals surface area contributed by atoms with Crippen molar-refractivity contribution in [1.82, 2.24) is 20.4 Å². The lowest BCUT2D eigenvalue weighted by Crippen LogP contribution is -2.51. The molecule has 0 radical (unpaired) electrons. The molecule has 150 valence electrons. The number of nitro benzene ring substituents is 1. The van der Waals surface area contributed by atoms with Crippen LogP contribution < -0.4 is 15.5 Å². The van der Waals surface area contributed by atoms with E-state index in [2.05, 4.69) is 25.6 Å². The molecule has 1 aromatic heterocycles. The topological polar surface area (TPSA) is 101 Å². The summed E-state index contributed by atoms with van der Waals surface area (Å²) in [6.45, 7) is 5.06. The number of aromatic nitrogens is 2. The second-order valence-corrected chi connectivity index (χ2v) is 6.92. The van der Waals surface area contributed by atoms with Crippen LogP contribution in [0.15, 0.2) is 41.7 Å². The maximum atomic E-state index is 10.9. The lowest BCUT2D eigenvalue weighted by atomic mass is 10.1. The van der Waals surface area contributed by atoms with Crippen LogP contribution in [0.1, 0.15) is 25.3 Å². The summed E-state index contributed by atoms with van der Waals surface area (Å²) in [6.07, 6.45) is 6.09. The van der Waals surface area contributed by atoms with Crippen molar-refractivity contribution in [1.29, 1.82) is 0 Å². The van der Waals surface area contributed by atoms with Crippen LogP contribution in [-0.2, 0) is 13.6 Å². The zero-order valence-corrected chi connectivity index (χ0v) is 16.3. The number of hydrogen-bond donors (Lipinski definition) is 2. The number of nitro groups is 1. The third kappa shape index (κ3) is 5.21. The molecule has 0 amide bonds. The molecule has 28 heavy (non-hydrogen) atoms. The van der Waals surface area contributed by atoms with E-state index >= 15 is 0 Å². The van der Waals surface area contributed by atoms with Gasteiger partial charge >= 0.3 is 0 Å². The van der Waals surface area contributed by atoms with Crippen molar-refractivity contribution in [2.45, 2.75) is 32.4 Å². The van der Waals surface area contributed by atoms with E-state index in [9.17, 15) is 10.1 Å². The van der Waals surface area contributed by atoms with E-state index < -0.39 is 0 Å². The Morgan fingerprint density at radius 3 is 3.04 bits per heavy atom. The fourth-order valence-corrected chi connectivity index (χ4v) is 3.35. The SMILES string of the molecule is CCNC(=NCc1cccc([N+](=O)[O-])c1)NC1CCCN(c2cnn(C)c2)C1. The Labute approximate surface area is 164 Å². The van der Waals surface area contributed by atoms with Crippen LogP contribution in [0.25, 0.3) is 0 Å². The van der Waals surface area contributed by atoms with Crippen molar-refractivity contribution in [3.05, 3.63) is 52.3 Å². The Morgan fingerprint density at radius 2 is 2.32 bits per heavy atom. The van der Waals surface area contributed by atoms with Crippen LogP contribution in [0.4, 0.5) is 11.4 Å². The van der Waals surface area contributed by atoms with Crippen LogP contribution in [0.5, 0.6) is 0 Å². The number of aliphatic imine (C=N–C) groups is 1. The van der Waals surface area contributed by atoms with Gasteiger partial charge in [-0.25, -0.2) is 4.99 Å². The van der Waals surface area contributed by atoms with Crippen molar-refractivity contribution in [3.63, 3.8) is 0 Å². The minimum atomic E-state index is -0.383. The zero-order chi connectivity index (χ0) is 19.9. The van der Waals surface area contributed by atoms with E-state index in [0.29, 0.717) is 6.54 Å². The number of non-ortho nitro benzene ring substituents is 1. The largest absolute Gasteiger partial charge is 0.367 e. The van der Waals surface area contributed by atoms with Gasteiger partial charge in [0.25, 0.3) is 5.69 Å². The van der Waals surface area contributed by atoms with Gasteiger partial charge in [-0.1, -0.05) is 12.1 Å². The molecule has 0 saturated carbocycles. The number of hydrogen-bond acceptors (Lipinski definition) is 5. The van der Waals surface area contributed by atoms with Crippen molar-refractivity contribution in [3.8, 4) is 0 Å². The molecular weight excluding hydrogens is 358 g/mol. The van der Waals surface area contributed by atoms with E-state index in [-0.39, 0.29) is 16.7 Å². The quantitative estimate of drug-likeness (QED) is 0.342. The first-order chi connectivity index (χ1) is 13.5. The number of piperidine rings is 1. The van der Waals surface area contributed by atoms with Gasteiger partial charge in [-0.3, -0.25) is 14.8 Å². The molecule has 0 bridgehead atoms. The Morgan fingerprint density at radius 1 is 1.46 bits per heavy atom. The van der Waals surface area contributed by atoms with Crippen molar-refractivity contribution in [2.75, 3.05) is 24.5 Å². The highest BCUT2D eigenvalue weighted by Gasteiger charge is 2.21. The summed E-state index contributed by atoms with van der Waals surface area (Å²) in [4.78, 5) is 17.5. The molecule has 1 atom stereocenters. The first-order valence-corrected chi connectivity index (χ1v) is 9.57. The van der Waals surface area contributed by atoms with E-state index in [1.807, 2.05) is 37.1 Å². The third-order valence-electron chi connectivity index (χ3n) is 4.70. The van der Waals surface area contributed by atoms with Gasteiger partial charge in [0.2, 0.25) is 0 Å². The number of nitrogens with zero attached hydrogens (tertiary/aromatic N) is 5. The number of benzene rings is 1. The van der Waals surface area contributed by atoms with Gasteiger partial charge in [-0.05, 0) is 25.3 Å². The Hall–Kier alpha value is -3.10. The van der Waals surface area contributed by atoms with E-state index in [4.69, 9.17) is 0 Å². The average molecular weight is 385 g/mol. The van der Waals surface area contributed by atoms with Gasteiger partial charge in [0.05, 0.1) is 23.4 Å². The minimum Gasteiger partial charge on any atom is -0.367 e. The molecule has 0 spiro atoms. The number of aryl methyl sites for hydroxylation is 1. The molecule has 1 fully saturated rings. The summed E-state index contributed by atoms with van der Waals surface area (Å²) in [5.74, 6) is 0.729. The van der Waals surface area contributed by atoms with Gasteiger partial charge in [0.15, 0.2) is 5.96 Å². The maximum absolute atomic E-state index is 10.9. The fraction of sp³-hybridized carbons (Fsp3) is 0.474. The Balaban J connectivity index is 1.64. The van der Waals surface area contributed by atoms with E-state index in [0.717, 1.165) is 49.7 Å². The van der Waals surface area contributed by atoms with Gasteiger partial charge in [-0.15, -0.1) is 0 Å². The highest BCUT2D eigenvalue weighted by Crippen LogP contribution is 2.19. The summed E-state index contributed by atoms with van der Waals surface area (Å²) in [6, 6.07) is 6.88. The van der Waals surface area contributed by atoms with Crippen LogP contribution in [0, 0.1) is 10.1 Å². The van der Waals surface area contributed by atoms with Gasteiger partial charge in [-0.2, -0.15) is 5.10 Å². The number of anilines is 1. The summed E-state index contributed by atoms with van der Waals surface area (Å²) in [5.41, 5.74) is 2.03. The van der Waals surface area contributed by atoms with Crippen molar-refractivity contribution < 1.29 is 4.92 Å².